The van der Waals surface area contributed by atoms with Crippen molar-refractivity contribution in [3.8, 4) is 0 Å². The molecule has 1 rings (SSSR count). The molecule has 50 heavy (non-hydrogen) atoms. The van der Waals surface area contributed by atoms with E-state index in [1.165, 1.54) is 25.7 Å². The SMILES string of the molecule is CC/C=C\C/C=C\C/C=C\C/C=C\C/C=C\CCCC(=O)N1C[C@H](C)C[C@@](C)(O)[C@H](O)[C@@H](C)[C@H](O)[C@@H](C)C(=O)O[C@H](CC)[C@@](C)(O)[C@H](O)[C@H]1C. The standard InChI is InChI=1S/C41H69NO8/c1-9-11-12-13-14-15-16-17-18-19-20-21-22-23-24-25-26-27-35(43)42-29-30(3)28-40(7,48)37(45)31(4)36(44)32(5)39(47)50-34(10-2)41(8,49)38(46)33(42)6/h11-12,14-15,17-18,20-21,23-24,30-34,36-38,44-46,48-49H,9-10,13,16,19,22,25-29H2,1-8H3/b12-11-,15-14-,18-17-,21-20-,24-23-/t30-,31+,32-,33-,34-,36+,37-,38-,40-,41-/m1/s1. The lowest BCUT2D eigenvalue weighted by atomic mass is 9.78. The molecule has 0 saturated carbocycles. The highest BCUT2D eigenvalue weighted by molar-refractivity contribution is 5.76. The number of esters is 1. The van der Waals surface area contributed by atoms with Crippen LogP contribution in [0.15, 0.2) is 60.8 Å². The molecule has 0 aromatic heterocycles. The molecular weight excluding hydrogens is 634 g/mol. The Morgan fingerprint density at radius 1 is 0.820 bits per heavy atom. The summed E-state index contributed by atoms with van der Waals surface area (Å²) in [5.74, 6) is -3.28. The average Bonchev–Trinajstić information content (AvgIpc) is 3.07. The normalized spacial score (nSPS) is 34.3. The molecule has 1 amide bonds. The maximum atomic E-state index is 13.7. The molecule has 286 valence electrons. The Morgan fingerprint density at radius 3 is 1.82 bits per heavy atom. The summed E-state index contributed by atoms with van der Waals surface area (Å²) in [6, 6.07) is -0.858. The van der Waals surface area contributed by atoms with Gasteiger partial charge in [-0.1, -0.05) is 88.5 Å². The molecular formula is C41H69NO8. The lowest BCUT2D eigenvalue weighted by molar-refractivity contribution is -0.194. The van der Waals surface area contributed by atoms with E-state index in [4.69, 9.17) is 4.74 Å². The van der Waals surface area contributed by atoms with Gasteiger partial charge in [0, 0.05) is 18.9 Å². The molecule has 0 radical (unpaired) electrons. The molecule has 0 aromatic carbocycles. The van der Waals surface area contributed by atoms with E-state index in [2.05, 4.69) is 67.7 Å². The number of carbonyl (C=O) groups is 2. The quantitative estimate of drug-likeness (QED) is 0.0800. The van der Waals surface area contributed by atoms with E-state index in [-0.39, 0.29) is 37.6 Å². The highest BCUT2D eigenvalue weighted by atomic mass is 16.6. The van der Waals surface area contributed by atoms with Crippen LogP contribution in [0, 0.1) is 17.8 Å². The third kappa shape index (κ3) is 15.0. The van der Waals surface area contributed by atoms with Gasteiger partial charge in [-0.05, 0) is 91.4 Å². The molecule has 0 aliphatic carbocycles. The lowest BCUT2D eigenvalue weighted by Crippen LogP contribution is -2.60. The summed E-state index contributed by atoms with van der Waals surface area (Å²) in [6.07, 6.45) is 22.5. The predicted octanol–water partition coefficient (Wildman–Crippen LogP) is 6.34. The molecule has 5 N–H and O–H groups in total. The summed E-state index contributed by atoms with van der Waals surface area (Å²) in [7, 11) is 0. The van der Waals surface area contributed by atoms with Gasteiger partial charge in [-0.3, -0.25) is 9.59 Å². The molecule has 10 atom stereocenters. The van der Waals surface area contributed by atoms with Crippen LogP contribution in [-0.4, -0.2) is 90.5 Å². The van der Waals surface area contributed by atoms with Crippen molar-refractivity contribution in [2.24, 2.45) is 17.8 Å². The molecule has 1 heterocycles. The van der Waals surface area contributed by atoms with Crippen LogP contribution in [-0.2, 0) is 14.3 Å². The number of carbonyl (C=O) groups excluding carboxylic acids is 2. The highest BCUT2D eigenvalue weighted by Gasteiger charge is 2.48. The fourth-order valence-electron chi connectivity index (χ4n) is 6.67. The Labute approximate surface area is 302 Å². The molecule has 9 nitrogen and oxygen atoms in total. The third-order valence-electron chi connectivity index (χ3n) is 9.90. The Hall–Kier alpha value is -2.56. The third-order valence-corrected chi connectivity index (χ3v) is 9.90. The molecule has 9 heteroatoms. The van der Waals surface area contributed by atoms with Crippen LogP contribution in [0.5, 0.6) is 0 Å². The number of ether oxygens (including phenoxy) is 1. The maximum absolute atomic E-state index is 13.7. The first-order valence-corrected chi connectivity index (χ1v) is 18.8. The van der Waals surface area contributed by atoms with Crippen LogP contribution < -0.4 is 0 Å². The monoisotopic (exact) mass is 704 g/mol. The summed E-state index contributed by atoms with van der Waals surface area (Å²) in [6.45, 7) is 13.4. The number of amides is 1. The van der Waals surface area contributed by atoms with Crippen LogP contribution >= 0.6 is 0 Å². The lowest BCUT2D eigenvalue weighted by Gasteiger charge is -2.43. The van der Waals surface area contributed by atoms with Crippen LogP contribution in [0.4, 0.5) is 0 Å². The van der Waals surface area contributed by atoms with Gasteiger partial charge in [-0.2, -0.15) is 0 Å². The second kappa shape index (κ2) is 23.1. The van der Waals surface area contributed by atoms with Gasteiger partial charge in [0.05, 0.1) is 29.8 Å². The summed E-state index contributed by atoms with van der Waals surface area (Å²) < 4.78 is 5.64. The zero-order valence-electron chi connectivity index (χ0n) is 32.1. The summed E-state index contributed by atoms with van der Waals surface area (Å²) in [5, 5.41) is 56.4. The molecule has 1 fully saturated rings. The molecule has 1 aliphatic heterocycles. The van der Waals surface area contributed by atoms with Gasteiger partial charge in [0.25, 0.3) is 0 Å². The first-order chi connectivity index (χ1) is 23.5. The maximum Gasteiger partial charge on any atom is 0.311 e. The summed E-state index contributed by atoms with van der Waals surface area (Å²) in [4.78, 5) is 28.3. The number of allylic oxidation sites excluding steroid dienone is 10. The minimum atomic E-state index is -1.91. The van der Waals surface area contributed by atoms with Crippen molar-refractivity contribution >= 4 is 11.9 Å². The van der Waals surface area contributed by atoms with Gasteiger partial charge in [0.1, 0.15) is 17.8 Å². The van der Waals surface area contributed by atoms with Crippen LogP contribution in [0.1, 0.15) is 120 Å². The van der Waals surface area contributed by atoms with Gasteiger partial charge < -0.3 is 35.2 Å². The van der Waals surface area contributed by atoms with Crippen molar-refractivity contribution in [2.45, 2.75) is 161 Å². The highest BCUT2D eigenvalue weighted by Crippen LogP contribution is 2.33. The fraction of sp³-hybridized carbons (Fsp3) is 0.707. The van der Waals surface area contributed by atoms with Gasteiger partial charge in [0.2, 0.25) is 5.91 Å². The number of aliphatic hydroxyl groups excluding tert-OH is 3. The van der Waals surface area contributed by atoms with Crippen molar-refractivity contribution in [2.75, 3.05) is 6.54 Å². The van der Waals surface area contributed by atoms with E-state index in [1.807, 2.05) is 6.92 Å². The van der Waals surface area contributed by atoms with Crippen molar-refractivity contribution in [1.29, 1.82) is 0 Å². The van der Waals surface area contributed by atoms with Crippen molar-refractivity contribution < 1.29 is 39.9 Å². The number of aliphatic hydroxyl groups is 5. The largest absolute Gasteiger partial charge is 0.459 e. The van der Waals surface area contributed by atoms with Gasteiger partial charge in [-0.15, -0.1) is 0 Å². The molecule has 0 spiro atoms. The molecule has 0 unspecified atom stereocenters. The molecule has 1 saturated heterocycles. The van der Waals surface area contributed by atoms with Gasteiger partial charge in [0.15, 0.2) is 0 Å². The topological polar surface area (TPSA) is 148 Å². The van der Waals surface area contributed by atoms with E-state index in [0.717, 1.165) is 32.1 Å². The zero-order valence-corrected chi connectivity index (χ0v) is 32.1. The zero-order chi connectivity index (χ0) is 37.9. The fourth-order valence-corrected chi connectivity index (χ4v) is 6.67. The van der Waals surface area contributed by atoms with E-state index >= 15 is 0 Å². The van der Waals surface area contributed by atoms with Crippen molar-refractivity contribution in [3.63, 3.8) is 0 Å². The van der Waals surface area contributed by atoms with E-state index < -0.39 is 59.5 Å². The predicted molar refractivity (Wildman–Crippen MR) is 201 cm³/mol. The Kier molecular flexibility index (Phi) is 21.0. The van der Waals surface area contributed by atoms with E-state index in [1.54, 1.807) is 20.8 Å². The first-order valence-electron chi connectivity index (χ1n) is 18.8. The minimum Gasteiger partial charge on any atom is -0.459 e. The number of cyclic esters (lactones) is 1. The molecule has 0 aromatic rings. The Bertz CT molecular complexity index is 1140. The minimum absolute atomic E-state index is 0.0880. The second-order valence-electron chi connectivity index (χ2n) is 14.6. The van der Waals surface area contributed by atoms with Gasteiger partial charge >= 0.3 is 5.97 Å². The number of hydrogen-bond acceptors (Lipinski definition) is 8. The summed E-state index contributed by atoms with van der Waals surface area (Å²) >= 11 is 0. The van der Waals surface area contributed by atoms with Crippen molar-refractivity contribution in [3.05, 3.63) is 60.8 Å². The Morgan fingerprint density at radius 2 is 1.32 bits per heavy atom. The molecule has 1 aliphatic rings. The number of hydrogen-bond donors (Lipinski definition) is 5. The second-order valence-corrected chi connectivity index (χ2v) is 14.6. The Balaban J connectivity index is 2.94. The van der Waals surface area contributed by atoms with E-state index in [9.17, 15) is 35.1 Å². The van der Waals surface area contributed by atoms with Crippen molar-refractivity contribution in [1.82, 2.24) is 4.90 Å². The van der Waals surface area contributed by atoms with E-state index in [0.29, 0.717) is 12.8 Å². The number of rotatable bonds is 14. The van der Waals surface area contributed by atoms with Gasteiger partial charge in [-0.25, -0.2) is 0 Å². The summed E-state index contributed by atoms with van der Waals surface area (Å²) in [5.41, 5.74) is -3.56. The van der Waals surface area contributed by atoms with Crippen LogP contribution in [0.25, 0.3) is 0 Å². The first kappa shape index (κ1) is 45.5. The molecule has 0 bridgehead atoms. The average molecular weight is 704 g/mol. The van der Waals surface area contributed by atoms with Crippen LogP contribution in [0.3, 0.4) is 0 Å². The number of nitrogens with zero attached hydrogens (tertiary/aromatic N) is 1. The number of unbranched alkanes of at least 4 members (excludes halogenated alkanes) is 1. The van der Waals surface area contributed by atoms with Crippen LogP contribution in [0.2, 0.25) is 0 Å². The smallest absolute Gasteiger partial charge is 0.311 e.